The SMILES string of the molecule is CC1=C(C(=O)OCC2CCC2)C(c2ccco2)NC(=O)N1. The fourth-order valence-corrected chi connectivity index (χ4v) is 2.56. The number of urea groups is 1. The van der Waals surface area contributed by atoms with Gasteiger partial charge in [0, 0.05) is 5.70 Å². The zero-order chi connectivity index (χ0) is 14.8. The highest BCUT2D eigenvalue weighted by molar-refractivity contribution is 5.94. The highest BCUT2D eigenvalue weighted by Crippen LogP contribution is 2.30. The average molecular weight is 290 g/mol. The number of allylic oxidation sites excluding steroid dienone is 1. The predicted octanol–water partition coefficient (Wildman–Crippen LogP) is 2.25. The molecule has 0 radical (unpaired) electrons. The van der Waals surface area contributed by atoms with E-state index in [0.717, 1.165) is 12.8 Å². The van der Waals surface area contributed by atoms with E-state index in [2.05, 4.69) is 10.6 Å². The van der Waals surface area contributed by atoms with Crippen molar-refractivity contribution in [2.75, 3.05) is 6.61 Å². The molecule has 1 fully saturated rings. The molecule has 1 saturated carbocycles. The van der Waals surface area contributed by atoms with Gasteiger partial charge in [-0.2, -0.15) is 0 Å². The van der Waals surface area contributed by atoms with Gasteiger partial charge in [0.15, 0.2) is 0 Å². The van der Waals surface area contributed by atoms with Crippen LogP contribution in [0, 0.1) is 5.92 Å². The summed E-state index contributed by atoms with van der Waals surface area (Å²) in [5.74, 6) is 0.580. The minimum atomic E-state index is -0.609. The molecule has 1 aromatic rings. The first-order valence-electron chi connectivity index (χ1n) is 7.14. The first-order valence-corrected chi connectivity index (χ1v) is 7.14. The van der Waals surface area contributed by atoms with Gasteiger partial charge in [-0.3, -0.25) is 0 Å². The Morgan fingerprint density at radius 3 is 2.90 bits per heavy atom. The minimum Gasteiger partial charge on any atom is -0.467 e. The summed E-state index contributed by atoms with van der Waals surface area (Å²) in [5, 5.41) is 5.30. The molecule has 1 aromatic heterocycles. The number of esters is 1. The van der Waals surface area contributed by atoms with E-state index in [-0.39, 0.29) is 6.03 Å². The molecule has 3 rings (SSSR count). The normalized spacial score (nSPS) is 22.3. The highest BCUT2D eigenvalue weighted by Gasteiger charge is 2.34. The van der Waals surface area contributed by atoms with Crippen LogP contribution in [0.5, 0.6) is 0 Å². The molecule has 0 spiro atoms. The Morgan fingerprint density at radius 1 is 1.48 bits per heavy atom. The van der Waals surface area contributed by atoms with Crippen molar-refractivity contribution in [2.24, 2.45) is 5.92 Å². The quantitative estimate of drug-likeness (QED) is 0.833. The summed E-state index contributed by atoms with van der Waals surface area (Å²) in [5.41, 5.74) is 0.891. The summed E-state index contributed by atoms with van der Waals surface area (Å²) in [6.07, 6.45) is 4.94. The lowest BCUT2D eigenvalue weighted by atomic mass is 9.86. The first kappa shape index (κ1) is 13.7. The Labute approximate surface area is 122 Å². The summed E-state index contributed by atoms with van der Waals surface area (Å²) in [6, 6.07) is 2.48. The number of carbonyl (C=O) groups excluding carboxylic acids is 2. The molecule has 112 valence electrons. The van der Waals surface area contributed by atoms with Crippen molar-refractivity contribution < 1.29 is 18.7 Å². The number of amides is 2. The number of hydrogen-bond donors (Lipinski definition) is 2. The van der Waals surface area contributed by atoms with E-state index in [9.17, 15) is 9.59 Å². The molecule has 6 nitrogen and oxygen atoms in total. The van der Waals surface area contributed by atoms with Gasteiger partial charge in [-0.05, 0) is 37.8 Å². The predicted molar refractivity (Wildman–Crippen MR) is 74.1 cm³/mol. The number of hydrogen-bond acceptors (Lipinski definition) is 4. The Morgan fingerprint density at radius 2 is 2.29 bits per heavy atom. The molecule has 2 N–H and O–H groups in total. The summed E-state index contributed by atoms with van der Waals surface area (Å²) in [7, 11) is 0. The molecule has 0 aromatic carbocycles. The summed E-state index contributed by atoms with van der Waals surface area (Å²) in [4.78, 5) is 24.0. The molecule has 0 bridgehead atoms. The summed E-state index contributed by atoms with van der Waals surface area (Å²) in [6.45, 7) is 2.13. The number of ether oxygens (including phenoxy) is 1. The van der Waals surface area contributed by atoms with Gasteiger partial charge in [0.05, 0.1) is 18.4 Å². The second kappa shape index (κ2) is 5.63. The molecule has 6 heteroatoms. The van der Waals surface area contributed by atoms with Gasteiger partial charge >= 0.3 is 12.0 Å². The number of nitrogens with one attached hydrogen (secondary N) is 2. The van der Waals surface area contributed by atoms with Crippen molar-refractivity contribution in [3.63, 3.8) is 0 Å². The second-order valence-corrected chi connectivity index (χ2v) is 5.48. The zero-order valence-corrected chi connectivity index (χ0v) is 11.8. The highest BCUT2D eigenvalue weighted by atomic mass is 16.5. The largest absolute Gasteiger partial charge is 0.467 e. The molecule has 1 aliphatic carbocycles. The van der Waals surface area contributed by atoms with E-state index in [1.807, 2.05) is 0 Å². The van der Waals surface area contributed by atoms with E-state index in [0.29, 0.717) is 29.6 Å². The molecular formula is C15H18N2O4. The minimum absolute atomic E-state index is 0.357. The van der Waals surface area contributed by atoms with Gasteiger partial charge in [-0.25, -0.2) is 9.59 Å². The van der Waals surface area contributed by atoms with E-state index in [4.69, 9.17) is 9.15 Å². The Bertz CT molecular complexity index is 573. The maximum atomic E-state index is 12.4. The first-order chi connectivity index (χ1) is 10.1. The van der Waals surface area contributed by atoms with Crippen molar-refractivity contribution >= 4 is 12.0 Å². The fraction of sp³-hybridized carbons (Fsp3) is 0.467. The Balaban J connectivity index is 1.79. The maximum absolute atomic E-state index is 12.4. The van der Waals surface area contributed by atoms with Crippen LogP contribution in [0.3, 0.4) is 0 Å². The van der Waals surface area contributed by atoms with Crippen molar-refractivity contribution in [2.45, 2.75) is 32.2 Å². The molecule has 0 saturated heterocycles. The molecule has 2 heterocycles. The average Bonchev–Trinajstić information content (AvgIpc) is 2.89. The maximum Gasteiger partial charge on any atom is 0.338 e. The fourth-order valence-electron chi connectivity index (χ4n) is 2.56. The van der Waals surface area contributed by atoms with Gasteiger partial charge in [-0.15, -0.1) is 0 Å². The van der Waals surface area contributed by atoms with Crippen LogP contribution in [0.4, 0.5) is 4.79 Å². The van der Waals surface area contributed by atoms with Crippen molar-refractivity contribution in [3.8, 4) is 0 Å². The molecule has 1 atom stereocenters. The third-order valence-corrected chi connectivity index (χ3v) is 3.99. The molecule has 1 unspecified atom stereocenters. The van der Waals surface area contributed by atoms with E-state index >= 15 is 0 Å². The van der Waals surface area contributed by atoms with Crippen LogP contribution in [0.2, 0.25) is 0 Å². The smallest absolute Gasteiger partial charge is 0.338 e. The Kier molecular flexibility index (Phi) is 3.68. The van der Waals surface area contributed by atoms with Gasteiger partial charge in [0.25, 0.3) is 0 Å². The second-order valence-electron chi connectivity index (χ2n) is 5.48. The number of carbonyl (C=O) groups is 2. The number of furan rings is 1. The number of rotatable bonds is 4. The van der Waals surface area contributed by atoms with Gasteiger partial charge in [0.1, 0.15) is 11.8 Å². The molecule has 21 heavy (non-hydrogen) atoms. The molecular weight excluding hydrogens is 272 g/mol. The topological polar surface area (TPSA) is 80.6 Å². The van der Waals surface area contributed by atoms with Crippen molar-refractivity contribution in [3.05, 3.63) is 35.4 Å². The monoisotopic (exact) mass is 290 g/mol. The Hall–Kier alpha value is -2.24. The van der Waals surface area contributed by atoms with Crippen LogP contribution in [-0.4, -0.2) is 18.6 Å². The van der Waals surface area contributed by atoms with Gasteiger partial charge in [-0.1, -0.05) is 6.42 Å². The van der Waals surface area contributed by atoms with Crippen molar-refractivity contribution in [1.29, 1.82) is 0 Å². The van der Waals surface area contributed by atoms with Crippen LogP contribution >= 0.6 is 0 Å². The van der Waals surface area contributed by atoms with Gasteiger partial charge < -0.3 is 19.8 Å². The lowest BCUT2D eigenvalue weighted by Gasteiger charge is -2.28. The summed E-state index contributed by atoms with van der Waals surface area (Å²) >= 11 is 0. The lowest BCUT2D eigenvalue weighted by molar-refractivity contribution is -0.141. The lowest BCUT2D eigenvalue weighted by Crippen LogP contribution is -2.45. The van der Waals surface area contributed by atoms with Crippen LogP contribution in [0.25, 0.3) is 0 Å². The van der Waals surface area contributed by atoms with Crippen LogP contribution in [0.15, 0.2) is 34.1 Å². The van der Waals surface area contributed by atoms with Crippen molar-refractivity contribution in [1.82, 2.24) is 10.6 Å². The van der Waals surface area contributed by atoms with Crippen LogP contribution < -0.4 is 10.6 Å². The summed E-state index contributed by atoms with van der Waals surface area (Å²) < 4.78 is 10.7. The van der Waals surface area contributed by atoms with Crippen LogP contribution in [-0.2, 0) is 9.53 Å². The molecule has 2 aliphatic rings. The van der Waals surface area contributed by atoms with Crippen LogP contribution in [0.1, 0.15) is 38.0 Å². The van der Waals surface area contributed by atoms with E-state index in [1.54, 1.807) is 19.1 Å². The van der Waals surface area contributed by atoms with E-state index in [1.165, 1.54) is 12.7 Å². The van der Waals surface area contributed by atoms with E-state index < -0.39 is 12.0 Å². The molecule has 1 aliphatic heterocycles. The third kappa shape index (κ3) is 2.79. The zero-order valence-electron chi connectivity index (χ0n) is 11.8. The molecule has 2 amide bonds. The van der Waals surface area contributed by atoms with Gasteiger partial charge in [0.2, 0.25) is 0 Å². The third-order valence-electron chi connectivity index (χ3n) is 3.99. The standard InChI is InChI=1S/C15H18N2O4/c1-9-12(14(18)21-8-10-4-2-5-10)13(17-15(19)16-9)11-6-3-7-20-11/h3,6-7,10,13H,2,4-5,8H2,1H3,(H2,16,17,19).